The van der Waals surface area contributed by atoms with Crippen molar-refractivity contribution in [2.24, 2.45) is 0 Å². The van der Waals surface area contributed by atoms with Crippen LogP contribution in [0.4, 0.5) is 28.7 Å². The average Bonchev–Trinajstić information content (AvgIpc) is 3.40. The quantitative estimate of drug-likeness (QED) is 0.165. The number of benzene rings is 3. The molecular formula is C34H30N6Pt. The van der Waals surface area contributed by atoms with Gasteiger partial charge in [0.1, 0.15) is 11.6 Å². The Bertz CT molecular complexity index is 1530. The fourth-order valence-corrected chi connectivity index (χ4v) is 4.26. The van der Waals surface area contributed by atoms with E-state index < -0.39 is 0 Å². The van der Waals surface area contributed by atoms with E-state index in [1.807, 2.05) is 132 Å². The summed E-state index contributed by atoms with van der Waals surface area (Å²) >= 11 is 0. The first-order chi connectivity index (χ1) is 19.7. The van der Waals surface area contributed by atoms with E-state index in [4.69, 9.17) is 4.98 Å². The van der Waals surface area contributed by atoms with Crippen LogP contribution in [0.2, 0.25) is 0 Å². The van der Waals surface area contributed by atoms with Gasteiger partial charge >= 0.3 is 21.1 Å². The van der Waals surface area contributed by atoms with Gasteiger partial charge in [-0.1, -0.05) is 104 Å². The number of anilines is 3. The van der Waals surface area contributed by atoms with Crippen LogP contribution in [-0.4, -0.2) is 15.1 Å². The summed E-state index contributed by atoms with van der Waals surface area (Å²) in [6, 6.07) is 41.8. The SMILES string of the molecule is CCc1n[n-]c(-c2cccc(N(c3ccccc3)c3ccccn3)n2)c1C.[Pt+2].c1ccc([N-]c2ccccc2)cc1. The zero-order chi connectivity index (χ0) is 27.6. The third-order valence-electron chi connectivity index (χ3n) is 6.26. The van der Waals surface area contributed by atoms with Gasteiger partial charge in [0.2, 0.25) is 0 Å². The van der Waals surface area contributed by atoms with Crippen LogP contribution in [0.3, 0.4) is 0 Å². The standard InChI is InChI=1S/C22H20N5.C12H10N.Pt/c1-3-18-16(2)22(26-25-18)19-12-9-14-21(24-19)27(17-10-5-4-6-11-17)20-13-7-8-15-23-20;1-3-7-11(8-4-1)13-12-9-5-2-6-10-12;/h4-15H,3H2,1-2H3;1-10H;/q2*-1;+2. The molecule has 6 aromatic rings. The minimum Gasteiger partial charge on any atom is -0.658 e. The molecule has 0 saturated heterocycles. The van der Waals surface area contributed by atoms with Crippen LogP contribution >= 0.6 is 0 Å². The Morgan fingerprint density at radius 1 is 0.683 bits per heavy atom. The van der Waals surface area contributed by atoms with Crippen molar-refractivity contribution >= 4 is 28.7 Å². The van der Waals surface area contributed by atoms with Crippen LogP contribution in [0.5, 0.6) is 0 Å². The number of nitrogens with zero attached hydrogens (tertiary/aromatic N) is 6. The summed E-state index contributed by atoms with van der Waals surface area (Å²) in [6.07, 6.45) is 2.65. The molecule has 0 spiro atoms. The molecule has 6 nitrogen and oxygen atoms in total. The van der Waals surface area contributed by atoms with Crippen LogP contribution in [0.25, 0.3) is 16.7 Å². The fourth-order valence-electron chi connectivity index (χ4n) is 4.26. The van der Waals surface area contributed by atoms with Gasteiger partial charge in [-0.2, -0.15) is 0 Å². The third-order valence-corrected chi connectivity index (χ3v) is 6.26. The number of pyridine rings is 2. The normalized spacial score (nSPS) is 10.1. The predicted molar refractivity (Wildman–Crippen MR) is 163 cm³/mol. The van der Waals surface area contributed by atoms with Crippen molar-refractivity contribution in [3.63, 3.8) is 0 Å². The maximum atomic E-state index is 4.89. The molecule has 0 amide bonds. The first-order valence-electron chi connectivity index (χ1n) is 13.3. The maximum absolute atomic E-state index is 4.89. The van der Waals surface area contributed by atoms with E-state index in [1.165, 1.54) is 0 Å². The summed E-state index contributed by atoms with van der Waals surface area (Å²) in [7, 11) is 0. The molecule has 0 N–H and O–H groups in total. The summed E-state index contributed by atoms with van der Waals surface area (Å²) in [5.74, 6) is 1.60. The van der Waals surface area contributed by atoms with Crippen molar-refractivity contribution in [2.45, 2.75) is 20.3 Å². The molecule has 0 atom stereocenters. The minimum atomic E-state index is 0. The molecule has 3 aromatic heterocycles. The molecule has 0 aliphatic heterocycles. The van der Waals surface area contributed by atoms with E-state index in [0.717, 1.165) is 57.8 Å². The molecule has 0 fully saturated rings. The molecule has 0 bridgehead atoms. The van der Waals surface area contributed by atoms with Crippen molar-refractivity contribution in [1.82, 2.24) is 20.2 Å². The smallest absolute Gasteiger partial charge is 0.658 e. The summed E-state index contributed by atoms with van der Waals surface area (Å²) in [4.78, 5) is 11.5. The van der Waals surface area contributed by atoms with E-state index in [-0.39, 0.29) is 21.1 Å². The Labute approximate surface area is 255 Å². The summed E-state index contributed by atoms with van der Waals surface area (Å²) < 4.78 is 0. The molecule has 0 aliphatic rings. The largest absolute Gasteiger partial charge is 2.00 e. The molecule has 7 heteroatoms. The van der Waals surface area contributed by atoms with Gasteiger partial charge in [0.05, 0.1) is 5.69 Å². The van der Waals surface area contributed by atoms with Gasteiger partial charge in [-0.15, -0.1) is 11.4 Å². The third kappa shape index (κ3) is 7.56. The number of para-hydroxylation sites is 3. The molecule has 0 unspecified atom stereocenters. The molecule has 0 saturated carbocycles. The van der Waals surface area contributed by atoms with Crippen LogP contribution in [0, 0.1) is 6.92 Å². The van der Waals surface area contributed by atoms with E-state index in [2.05, 4.69) is 34.3 Å². The maximum Gasteiger partial charge on any atom is 2.00 e. The van der Waals surface area contributed by atoms with Gasteiger partial charge in [-0.25, -0.2) is 9.97 Å². The van der Waals surface area contributed by atoms with Gasteiger partial charge in [-0.05, 0) is 55.3 Å². The summed E-state index contributed by atoms with van der Waals surface area (Å²) in [6.45, 7) is 4.14. The monoisotopic (exact) mass is 717 g/mol. The van der Waals surface area contributed by atoms with Crippen LogP contribution in [-0.2, 0) is 27.5 Å². The van der Waals surface area contributed by atoms with E-state index in [9.17, 15) is 0 Å². The Morgan fingerprint density at radius 3 is 1.83 bits per heavy atom. The minimum absolute atomic E-state index is 0. The Morgan fingerprint density at radius 2 is 1.27 bits per heavy atom. The molecular weight excluding hydrogens is 687 g/mol. The average molecular weight is 718 g/mol. The van der Waals surface area contributed by atoms with Gasteiger partial charge in [0.15, 0.2) is 0 Å². The molecule has 0 aliphatic carbocycles. The first-order valence-corrected chi connectivity index (χ1v) is 13.3. The number of aromatic nitrogens is 4. The second-order valence-corrected chi connectivity index (χ2v) is 9.00. The van der Waals surface area contributed by atoms with E-state index in [1.54, 1.807) is 6.20 Å². The van der Waals surface area contributed by atoms with Crippen molar-refractivity contribution in [1.29, 1.82) is 0 Å². The second kappa shape index (κ2) is 14.7. The summed E-state index contributed by atoms with van der Waals surface area (Å²) in [5.41, 5.74) is 6.74. The van der Waals surface area contributed by atoms with Crippen molar-refractivity contribution in [2.75, 3.05) is 4.90 Å². The van der Waals surface area contributed by atoms with Gasteiger partial charge in [0.25, 0.3) is 0 Å². The molecule has 6 rings (SSSR count). The molecule has 3 aromatic carbocycles. The second-order valence-electron chi connectivity index (χ2n) is 9.00. The molecule has 206 valence electrons. The van der Waals surface area contributed by atoms with Crippen LogP contribution in [0.15, 0.2) is 134 Å². The van der Waals surface area contributed by atoms with Crippen LogP contribution < -0.4 is 10.00 Å². The zero-order valence-electron chi connectivity index (χ0n) is 22.9. The number of hydrogen-bond acceptors (Lipinski definition) is 4. The first kappa shape index (κ1) is 29.4. The van der Waals surface area contributed by atoms with Gasteiger partial charge < -0.3 is 15.5 Å². The molecule has 41 heavy (non-hydrogen) atoms. The topological polar surface area (TPSA) is 70.1 Å². The predicted octanol–water partition coefficient (Wildman–Crippen LogP) is 8.86. The summed E-state index contributed by atoms with van der Waals surface area (Å²) in [5, 5.41) is 13.1. The Balaban J connectivity index is 0.000000233. The van der Waals surface area contributed by atoms with Crippen LogP contribution in [0.1, 0.15) is 18.2 Å². The number of aryl methyl sites for hydroxylation is 1. The van der Waals surface area contributed by atoms with E-state index in [0.29, 0.717) is 0 Å². The number of rotatable bonds is 7. The van der Waals surface area contributed by atoms with Gasteiger partial charge in [-0.3, -0.25) is 4.90 Å². The number of hydrogen-bond donors (Lipinski definition) is 0. The van der Waals surface area contributed by atoms with E-state index >= 15 is 0 Å². The Kier molecular flexibility index (Phi) is 10.6. The molecule has 3 heterocycles. The zero-order valence-corrected chi connectivity index (χ0v) is 25.2. The van der Waals surface area contributed by atoms with Gasteiger partial charge in [0, 0.05) is 17.6 Å². The van der Waals surface area contributed by atoms with Crippen molar-refractivity contribution in [3.8, 4) is 11.4 Å². The fraction of sp³-hybridized carbons (Fsp3) is 0.0882. The Hall–Kier alpha value is -4.54. The van der Waals surface area contributed by atoms with Crippen molar-refractivity contribution in [3.05, 3.63) is 150 Å². The van der Waals surface area contributed by atoms with Crippen molar-refractivity contribution < 1.29 is 21.1 Å². The molecule has 0 radical (unpaired) electrons.